The average Bonchev–Trinajstić information content (AvgIpc) is 2.72. The highest BCUT2D eigenvalue weighted by molar-refractivity contribution is 8.00. The molecule has 0 aliphatic carbocycles. The van der Waals surface area contributed by atoms with Gasteiger partial charge in [0.1, 0.15) is 11.5 Å². The minimum absolute atomic E-state index is 0.0507. The molecule has 1 fully saturated rings. The number of nitrogens with zero attached hydrogens (tertiary/aromatic N) is 1. The largest absolute Gasteiger partial charge is 0.416 e. The average molecular weight is 375 g/mol. The zero-order chi connectivity index (χ0) is 18.3. The first-order chi connectivity index (χ1) is 10.9. The van der Waals surface area contributed by atoms with Gasteiger partial charge in [0.2, 0.25) is 0 Å². The fourth-order valence-corrected chi connectivity index (χ4v) is 4.83. The summed E-state index contributed by atoms with van der Waals surface area (Å²) in [5.74, 6) is 0. The van der Waals surface area contributed by atoms with Gasteiger partial charge in [-0.3, -0.25) is 14.3 Å². The minimum atomic E-state index is -1.97. The summed E-state index contributed by atoms with van der Waals surface area (Å²) in [4.78, 5) is 25.2. The molecule has 0 saturated carbocycles. The van der Waals surface area contributed by atoms with Gasteiger partial charge in [0, 0.05) is 18.9 Å². The van der Waals surface area contributed by atoms with Crippen LogP contribution in [0.4, 0.5) is 0 Å². The van der Waals surface area contributed by atoms with Crippen LogP contribution in [0, 0.1) is 0 Å². The number of aliphatic hydroxyl groups is 2. The summed E-state index contributed by atoms with van der Waals surface area (Å²) in [5, 5.41) is 19.7. The first-order valence-electron chi connectivity index (χ1n) is 7.91. The van der Waals surface area contributed by atoms with Crippen LogP contribution in [-0.2, 0) is 4.43 Å². The Morgan fingerprint density at radius 2 is 1.92 bits per heavy atom. The summed E-state index contributed by atoms with van der Waals surface area (Å²) < 4.78 is 7.37. The summed E-state index contributed by atoms with van der Waals surface area (Å²) in [5.41, 5.74) is -1.09. The molecule has 0 amide bonds. The van der Waals surface area contributed by atoms with E-state index in [1.165, 1.54) is 28.6 Å². The third-order valence-corrected chi connectivity index (χ3v) is 10.9. The molecule has 1 aromatic heterocycles. The maximum Gasteiger partial charge on any atom is 0.329 e. The number of aliphatic hydroxyl groups excluding tert-OH is 2. The van der Waals surface area contributed by atoms with Gasteiger partial charge >= 0.3 is 5.69 Å². The van der Waals surface area contributed by atoms with Gasteiger partial charge in [0.15, 0.2) is 8.32 Å². The maximum atomic E-state index is 11.9. The third kappa shape index (κ3) is 3.85. The molecule has 0 unspecified atom stereocenters. The SMILES string of the molecule is CC(C)(C)[Si](C)(C)OC[C@H]1S[C@@H](n2ccc(=O)[nH]c2=O)[C@H](O)[C@@H]1O. The summed E-state index contributed by atoms with van der Waals surface area (Å²) in [6, 6.07) is 1.22. The number of H-pyrrole nitrogens is 1. The molecule has 3 N–H and O–H groups in total. The Kier molecular flexibility index (Phi) is 5.51. The Morgan fingerprint density at radius 3 is 2.46 bits per heavy atom. The molecule has 2 heterocycles. The van der Waals surface area contributed by atoms with Crippen molar-refractivity contribution in [2.75, 3.05) is 6.61 Å². The van der Waals surface area contributed by atoms with E-state index in [0.717, 1.165) is 0 Å². The van der Waals surface area contributed by atoms with Gasteiger partial charge < -0.3 is 14.6 Å². The maximum absolute atomic E-state index is 11.9. The highest BCUT2D eigenvalue weighted by Gasteiger charge is 2.45. The van der Waals surface area contributed by atoms with Gasteiger partial charge in [0.05, 0.1) is 11.4 Å². The summed E-state index contributed by atoms with van der Waals surface area (Å²) in [7, 11) is -1.97. The van der Waals surface area contributed by atoms with Crippen molar-refractivity contribution in [1.29, 1.82) is 0 Å². The Morgan fingerprint density at radius 1 is 1.29 bits per heavy atom. The highest BCUT2D eigenvalue weighted by Crippen LogP contribution is 2.43. The van der Waals surface area contributed by atoms with Gasteiger partial charge in [0.25, 0.3) is 5.56 Å². The van der Waals surface area contributed by atoms with Gasteiger partial charge in [-0.25, -0.2) is 4.79 Å². The molecular formula is C15H26N2O5SSi. The summed E-state index contributed by atoms with van der Waals surface area (Å²) in [6.45, 7) is 11.0. The van der Waals surface area contributed by atoms with Crippen molar-refractivity contribution in [3.8, 4) is 0 Å². The molecule has 0 aromatic carbocycles. The van der Waals surface area contributed by atoms with Crippen LogP contribution in [0.5, 0.6) is 0 Å². The van der Waals surface area contributed by atoms with Crippen LogP contribution in [0.2, 0.25) is 18.1 Å². The van der Waals surface area contributed by atoms with Crippen molar-refractivity contribution in [2.24, 2.45) is 0 Å². The highest BCUT2D eigenvalue weighted by atomic mass is 32.2. The van der Waals surface area contributed by atoms with Crippen LogP contribution >= 0.6 is 11.8 Å². The van der Waals surface area contributed by atoms with Crippen LogP contribution in [0.3, 0.4) is 0 Å². The summed E-state index contributed by atoms with van der Waals surface area (Å²) >= 11 is 1.29. The lowest BCUT2D eigenvalue weighted by atomic mass is 10.1. The molecule has 1 saturated heterocycles. The van der Waals surface area contributed by atoms with E-state index in [1.807, 2.05) is 0 Å². The second-order valence-electron chi connectivity index (χ2n) is 7.64. The van der Waals surface area contributed by atoms with E-state index >= 15 is 0 Å². The second kappa shape index (κ2) is 6.79. The molecule has 136 valence electrons. The molecule has 0 spiro atoms. The molecule has 9 heteroatoms. The van der Waals surface area contributed by atoms with E-state index in [4.69, 9.17) is 4.43 Å². The topological polar surface area (TPSA) is 105 Å². The van der Waals surface area contributed by atoms with E-state index < -0.39 is 37.1 Å². The van der Waals surface area contributed by atoms with Crippen molar-refractivity contribution < 1.29 is 14.6 Å². The van der Waals surface area contributed by atoms with Crippen LogP contribution < -0.4 is 11.2 Å². The molecule has 7 nitrogen and oxygen atoms in total. The molecular weight excluding hydrogens is 348 g/mol. The molecule has 1 aromatic rings. The van der Waals surface area contributed by atoms with Gasteiger partial charge in [-0.2, -0.15) is 0 Å². The van der Waals surface area contributed by atoms with Crippen molar-refractivity contribution >= 4 is 20.1 Å². The number of aromatic nitrogens is 2. The molecule has 1 aliphatic heterocycles. The van der Waals surface area contributed by atoms with Gasteiger partial charge in [-0.15, -0.1) is 11.8 Å². The number of rotatable bonds is 4. The zero-order valence-electron chi connectivity index (χ0n) is 14.6. The minimum Gasteiger partial charge on any atom is -0.416 e. The van der Waals surface area contributed by atoms with Crippen molar-refractivity contribution in [2.45, 2.75) is 61.7 Å². The molecule has 0 radical (unpaired) electrons. The molecule has 2 rings (SSSR count). The number of thioether (sulfide) groups is 1. The molecule has 1 aliphatic rings. The van der Waals surface area contributed by atoms with Gasteiger partial charge in [-0.1, -0.05) is 20.8 Å². The first-order valence-corrected chi connectivity index (χ1v) is 11.8. The van der Waals surface area contributed by atoms with Crippen molar-refractivity contribution in [3.63, 3.8) is 0 Å². The Hall–Kier alpha value is -0.873. The molecule has 0 bridgehead atoms. The fourth-order valence-electron chi connectivity index (χ4n) is 2.23. The lowest BCUT2D eigenvalue weighted by Gasteiger charge is -2.37. The predicted molar refractivity (Wildman–Crippen MR) is 96.9 cm³/mol. The monoisotopic (exact) mass is 374 g/mol. The number of nitrogens with one attached hydrogen (secondary N) is 1. The quantitative estimate of drug-likeness (QED) is 0.676. The smallest absolute Gasteiger partial charge is 0.329 e. The van der Waals surface area contributed by atoms with E-state index in [9.17, 15) is 19.8 Å². The fraction of sp³-hybridized carbons (Fsp3) is 0.733. The normalized spacial score (nSPS) is 28.3. The van der Waals surface area contributed by atoms with E-state index in [2.05, 4.69) is 38.8 Å². The van der Waals surface area contributed by atoms with E-state index in [-0.39, 0.29) is 10.3 Å². The van der Waals surface area contributed by atoms with E-state index in [0.29, 0.717) is 6.61 Å². The summed E-state index contributed by atoms with van der Waals surface area (Å²) in [6.07, 6.45) is -0.763. The Labute approximate surface area is 146 Å². The van der Waals surface area contributed by atoms with Crippen LogP contribution in [0.15, 0.2) is 21.9 Å². The van der Waals surface area contributed by atoms with E-state index in [1.54, 1.807) is 0 Å². The zero-order valence-corrected chi connectivity index (χ0v) is 16.5. The number of hydrogen-bond donors (Lipinski definition) is 3. The first kappa shape index (κ1) is 19.5. The lowest BCUT2D eigenvalue weighted by molar-refractivity contribution is 0.0108. The number of hydrogen-bond acceptors (Lipinski definition) is 6. The third-order valence-electron chi connectivity index (χ3n) is 4.88. The lowest BCUT2D eigenvalue weighted by Crippen LogP contribution is -2.44. The van der Waals surface area contributed by atoms with Crippen molar-refractivity contribution in [3.05, 3.63) is 33.1 Å². The second-order valence-corrected chi connectivity index (χ2v) is 13.8. The van der Waals surface area contributed by atoms with Gasteiger partial charge in [-0.05, 0) is 18.1 Å². The molecule has 24 heavy (non-hydrogen) atoms. The predicted octanol–water partition coefficient (Wildman–Crippen LogP) is 0.894. The Bertz CT molecular complexity index is 696. The molecule has 4 atom stereocenters. The standard InChI is InChI=1S/C15H26N2O5SSi/c1-15(2,3)24(4,5)22-8-9-11(19)12(20)13(23-9)17-7-6-10(18)16-14(17)21/h6-7,9,11-13,19-20H,8H2,1-5H3,(H,16,18,21)/t9-,11-,12-,13-/m1/s1. The van der Waals surface area contributed by atoms with Crippen LogP contribution in [0.1, 0.15) is 26.1 Å². The number of aromatic amines is 1. The Balaban J connectivity index is 2.13. The van der Waals surface area contributed by atoms with Crippen LogP contribution in [-0.4, -0.2) is 52.1 Å². The van der Waals surface area contributed by atoms with Crippen LogP contribution in [0.25, 0.3) is 0 Å². The van der Waals surface area contributed by atoms with Crippen molar-refractivity contribution in [1.82, 2.24) is 9.55 Å².